The van der Waals surface area contributed by atoms with Crippen molar-refractivity contribution in [2.45, 2.75) is 25.3 Å². The van der Waals surface area contributed by atoms with Gasteiger partial charge < -0.3 is 10.1 Å². The summed E-state index contributed by atoms with van der Waals surface area (Å²) >= 11 is 0. The van der Waals surface area contributed by atoms with E-state index in [1.807, 2.05) is 31.2 Å². The van der Waals surface area contributed by atoms with E-state index in [0.717, 1.165) is 23.4 Å². The predicted octanol–water partition coefficient (Wildman–Crippen LogP) is 4.82. The number of para-hydroxylation sites is 2. The molecule has 0 fully saturated rings. The van der Waals surface area contributed by atoms with Crippen LogP contribution >= 0.6 is 0 Å². The first-order valence-corrected chi connectivity index (χ1v) is 8.63. The second kappa shape index (κ2) is 6.24. The van der Waals surface area contributed by atoms with Crippen LogP contribution in [0.15, 0.2) is 54.6 Å². The molecule has 1 N–H and O–H groups in total. The van der Waals surface area contributed by atoms with Crippen LogP contribution in [-0.2, 0) is 0 Å². The Hall–Kier alpha value is -2.82. The zero-order chi connectivity index (χ0) is 17.4. The van der Waals surface area contributed by atoms with E-state index in [2.05, 4.69) is 23.5 Å². The summed E-state index contributed by atoms with van der Waals surface area (Å²) in [5.74, 6) is 1.33. The minimum Gasteiger partial charge on any atom is -0.492 e. The largest absolute Gasteiger partial charge is 0.492 e. The summed E-state index contributed by atoms with van der Waals surface area (Å²) in [5.41, 5.74) is 3.07. The number of hydrogen-bond acceptors (Lipinski definition) is 4. The first kappa shape index (κ1) is 15.7. The summed E-state index contributed by atoms with van der Waals surface area (Å²) in [6.45, 7) is 2.54. The molecule has 25 heavy (non-hydrogen) atoms. The summed E-state index contributed by atoms with van der Waals surface area (Å²) in [5, 5.41) is 15.1. The topological polar surface area (TPSA) is 64.4 Å². The molecule has 128 valence electrons. The quantitative estimate of drug-likeness (QED) is 0.494. The number of hydrogen-bond donors (Lipinski definition) is 1. The predicted molar refractivity (Wildman–Crippen MR) is 97.1 cm³/mol. The molecule has 3 atom stereocenters. The van der Waals surface area contributed by atoms with Crippen molar-refractivity contribution in [3.63, 3.8) is 0 Å². The lowest BCUT2D eigenvalue weighted by Gasteiger charge is -2.37. The third-order valence-electron chi connectivity index (χ3n) is 5.13. The number of nitrogens with zero attached hydrogens (tertiary/aromatic N) is 1. The van der Waals surface area contributed by atoms with E-state index in [4.69, 9.17) is 4.74 Å². The Bertz CT molecular complexity index is 847. The first-order chi connectivity index (χ1) is 12.2. The Labute approximate surface area is 146 Å². The summed E-state index contributed by atoms with van der Waals surface area (Å²) < 4.78 is 5.79. The number of fused-ring (bicyclic) bond motifs is 3. The van der Waals surface area contributed by atoms with Gasteiger partial charge in [0, 0.05) is 12.0 Å². The van der Waals surface area contributed by atoms with E-state index in [9.17, 15) is 10.1 Å². The number of benzene rings is 2. The number of nitrogens with one attached hydrogen (secondary N) is 1. The van der Waals surface area contributed by atoms with Gasteiger partial charge in [0.2, 0.25) is 0 Å². The van der Waals surface area contributed by atoms with Crippen LogP contribution < -0.4 is 10.1 Å². The van der Waals surface area contributed by atoms with Crippen LogP contribution in [-0.4, -0.2) is 11.5 Å². The smallest absolute Gasteiger partial charge is 0.274 e. The fourth-order valence-electron chi connectivity index (χ4n) is 4.09. The number of nitro groups is 1. The van der Waals surface area contributed by atoms with Crippen molar-refractivity contribution in [2.24, 2.45) is 5.92 Å². The van der Waals surface area contributed by atoms with Crippen LogP contribution in [0.1, 0.15) is 36.4 Å². The van der Waals surface area contributed by atoms with Crippen molar-refractivity contribution < 1.29 is 9.66 Å². The Morgan fingerprint density at radius 1 is 1.20 bits per heavy atom. The number of rotatable bonds is 4. The van der Waals surface area contributed by atoms with E-state index in [1.54, 1.807) is 12.1 Å². The highest BCUT2D eigenvalue weighted by atomic mass is 16.6. The minimum atomic E-state index is -0.293. The van der Waals surface area contributed by atoms with Crippen LogP contribution in [0, 0.1) is 16.0 Å². The van der Waals surface area contributed by atoms with E-state index in [1.165, 1.54) is 5.56 Å². The monoisotopic (exact) mass is 336 g/mol. The molecular formula is C20H20N2O3. The Kier molecular flexibility index (Phi) is 3.92. The molecule has 2 aromatic carbocycles. The molecule has 0 radical (unpaired) electrons. The van der Waals surface area contributed by atoms with Gasteiger partial charge in [-0.15, -0.1) is 0 Å². The van der Waals surface area contributed by atoms with Gasteiger partial charge in [-0.1, -0.05) is 42.5 Å². The van der Waals surface area contributed by atoms with Crippen LogP contribution in [0.3, 0.4) is 0 Å². The van der Waals surface area contributed by atoms with E-state index in [0.29, 0.717) is 6.61 Å². The molecule has 0 saturated carbocycles. The van der Waals surface area contributed by atoms with Crippen LogP contribution in [0.25, 0.3) is 0 Å². The molecule has 2 aliphatic rings. The number of anilines is 1. The normalized spacial score (nSPS) is 23.5. The lowest BCUT2D eigenvalue weighted by molar-refractivity contribution is -0.385. The summed E-state index contributed by atoms with van der Waals surface area (Å²) in [6, 6.07) is 13.0. The van der Waals surface area contributed by atoms with E-state index < -0.39 is 0 Å². The van der Waals surface area contributed by atoms with Crippen molar-refractivity contribution in [1.29, 1.82) is 0 Å². The van der Waals surface area contributed by atoms with Gasteiger partial charge in [-0.3, -0.25) is 10.1 Å². The van der Waals surface area contributed by atoms with Gasteiger partial charge in [0.05, 0.1) is 28.8 Å². The molecule has 0 amide bonds. The lowest BCUT2D eigenvalue weighted by atomic mass is 9.76. The Balaban J connectivity index is 1.83. The molecule has 4 rings (SSSR count). The molecule has 1 aliphatic carbocycles. The third-order valence-corrected chi connectivity index (χ3v) is 5.13. The van der Waals surface area contributed by atoms with Gasteiger partial charge in [0.15, 0.2) is 0 Å². The zero-order valence-electron chi connectivity index (χ0n) is 14.0. The van der Waals surface area contributed by atoms with Crippen molar-refractivity contribution in [1.82, 2.24) is 0 Å². The highest BCUT2D eigenvalue weighted by Gasteiger charge is 2.41. The fraction of sp³-hybridized carbons (Fsp3) is 0.300. The van der Waals surface area contributed by atoms with Gasteiger partial charge in [-0.2, -0.15) is 0 Å². The second-order valence-corrected chi connectivity index (χ2v) is 6.44. The van der Waals surface area contributed by atoms with Crippen molar-refractivity contribution in [3.8, 4) is 5.75 Å². The maximum absolute atomic E-state index is 11.5. The molecule has 0 unspecified atom stereocenters. The molecule has 2 aromatic rings. The van der Waals surface area contributed by atoms with Crippen LogP contribution in [0.2, 0.25) is 0 Å². The average Bonchev–Trinajstić information content (AvgIpc) is 3.11. The fourth-order valence-corrected chi connectivity index (χ4v) is 4.09. The highest BCUT2D eigenvalue weighted by Crippen LogP contribution is 2.53. The molecule has 0 spiro atoms. The van der Waals surface area contributed by atoms with Gasteiger partial charge >= 0.3 is 0 Å². The molecule has 0 aromatic heterocycles. The molecule has 0 bridgehead atoms. The zero-order valence-corrected chi connectivity index (χ0v) is 14.0. The van der Waals surface area contributed by atoms with Crippen molar-refractivity contribution in [3.05, 3.63) is 75.9 Å². The molecule has 5 heteroatoms. The second-order valence-electron chi connectivity index (χ2n) is 6.44. The van der Waals surface area contributed by atoms with Crippen LogP contribution in [0.4, 0.5) is 11.4 Å². The van der Waals surface area contributed by atoms with Crippen molar-refractivity contribution in [2.75, 3.05) is 11.9 Å². The van der Waals surface area contributed by atoms with Crippen molar-refractivity contribution >= 4 is 11.4 Å². The van der Waals surface area contributed by atoms with E-state index in [-0.39, 0.29) is 28.5 Å². The molecule has 1 aliphatic heterocycles. The average molecular weight is 336 g/mol. The first-order valence-electron chi connectivity index (χ1n) is 8.63. The number of nitro benzene ring substituents is 1. The van der Waals surface area contributed by atoms with Gasteiger partial charge in [-0.05, 0) is 30.9 Å². The summed E-state index contributed by atoms with van der Waals surface area (Å²) in [7, 11) is 0. The minimum absolute atomic E-state index is 0.115. The Morgan fingerprint density at radius 2 is 2.00 bits per heavy atom. The van der Waals surface area contributed by atoms with E-state index >= 15 is 0 Å². The molecular weight excluding hydrogens is 316 g/mol. The molecule has 5 nitrogen and oxygen atoms in total. The lowest BCUT2D eigenvalue weighted by Crippen LogP contribution is -2.30. The number of allylic oxidation sites excluding steroid dienone is 2. The maximum Gasteiger partial charge on any atom is 0.274 e. The standard InChI is InChI=1S/C20H20N2O3/c1-2-25-18-12-6-10-15-13-8-5-9-14(13)19(21-20(15)18)16-7-3-4-11-17(16)22(23)24/h3-8,10-14,19,21H,2,9H2,1H3/t13-,14-,19+/m1/s1. The number of ether oxygens (including phenoxy) is 1. The molecule has 1 heterocycles. The summed E-state index contributed by atoms with van der Waals surface area (Å²) in [4.78, 5) is 11.2. The Morgan fingerprint density at radius 3 is 2.80 bits per heavy atom. The van der Waals surface area contributed by atoms with Gasteiger partial charge in [0.25, 0.3) is 5.69 Å². The SMILES string of the molecule is CCOc1cccc2c1N[C@H](c1ccccc1[N+](=O)[O-])[C@@H]1CC=C[C@@H]21. The maximum atomic E-state index is 11.5. The summed E-state index contributed by atoms with van der Waals surface area (Å²) in [6.07, 6.45) is 5.32. The molecule has 0 saturated heterocycles. The van der Waals surface area contributed by atoms with Crippen LogP contribution in [0.5, 0.6) is 5.75 Å². The van der Waals surface area contributed by atoms with Gasteiger partial charge in [0.1, 0.15) is 5.75 Å². The van der Waals surface area contributed by atoms with Gasteiger partial charge in [-0.25, -0.2) is 0 Å². The highest BCUT2D eigenvalue weighted by molar-refractivity contribution is 5.68. The third kappa shape index (κ3) is 2.56.